The number of hydrogen-bond acceptors (Lipinski definition) is 7. The van der Waals surface area contributed by atoms with Crippen LogP contribution in [0.2, 0.25) is 5.02 Å². The van der Waals surface area contributed by atoms with E-state index in [0.29, 0.717) is 27.2 Å². The second-order valence-corrected chi connectivity index (χ2v) is 7.51. The van der Waals surface area contributed by atoms with Crippen molar-refractivity contribution in [3.63, 3.8) is 0 Å². The van der Waals surface area contributed by atoms with Gasteiger partial charge in [0, 0.05) is 35.3 Å². The van der Waals surface area contributed by atoms with Gasteiger partial charge in [0.15, 0.2) is 5.58 Å². The van der Waals surface area contributed by atoms with Crippen LogP contribution < -0.4 is 10.5 Å². The Labute approximate surface area is 185 Å². The molecule has 0 aliphatic heterocycles. The molecule has 10 heteroatoms. The number of aromatic nitrogens is 1. The molecule has 164 valence electrons. The van der Waals surface area contributed by atoms with Crippen LogP contribution in [0.1, 0.15) is 12.8 Å². The summed E-state index contributed by atoms with van der Waals surface area (Å²) in [6.07, 6.45) is -0.329. The van der Waals surface area contributed by atoms with Crippen molar-refractivity contribution in [3.8, 4) is 11.5 Å². The van der Waals surface area contributed by atoms with Gasteiger partial charge in [-0.2, -0.15) is 0 Å². The fraction of sp³-hybridized carbons (Fsp3) is 0.182. The maximum absolute atomic E-state index is 12.6. The first-order valence-corrected chi connectivity index (χ1v) is 10.0. The lowest BCUT2D eigenvalue weighted by molar-refractivity contribution is -0.137. The number of carboxylic acid groups (broad SMARTS) is 2. The first-order valence-electron chi connectivity index (χ1n) is 9.63. The highest BCUT2D eigenvalue weighted by Gasteiger charge is 2.17. The first kappa shape index (κ1) is 21.4. The largest absolute Gasteiger partial charge is 0.481 e. The van der Waals surface area contributed by atoms with E-state index in [4.69, 9.17) is 30.6 Å². The predicted octanol–water partition coefficient (Wildman–Crippen LogP) is 4.01. The normalized spacial score (nSPS) is 11.2. The molecular weight excluding hydrogens is 440 g/mol. The Morgan fingerprint density at radius 1 is 0.938 bits per heavy atom. The van der Waals surface area contributed by atoms with Crippen LogP contribution in [0.25, 0.3) is 33.5 Å². The van der Waals surface area contributed by atoms with Crippen LogP contribution in [-0.4, -0.2) is 40.2 Å². The maximum atomic E-state index is 12.6. The molecule has 0 aliphatic carbocycles. The van der Waals surface area contributed by atoms with Crippen molar-refractivity contribution in [2.45, 2.75) is 12.8 Å². The lowest BCUT2D eigenvalue weighted by Gasteiger charge is -2.23. The van der Waals surface area contributed by atoms with Crippen molar-refractivity contribution in [2.24, 2.45) is 0 Å². The van der Waals surface area contributed by atoms with Crippen LogP contribution in [0.5, 0.6) is 0 Å². The Hall–Kier alpha value is -3.85. The van der Waals surface area contributed by atoms with E-state index in [9.17, 15) is 14.4 Å². The van der Waals surface area contributed by atoms with E-state index in [2.05, 4.69) is 4.98 Å². The fourth-order valence-corrected chi connectivity index (χ4v) is 3.46. The smallest absolute Gasteiger partial charge is 0.349 e. The highest BCUT2D eigenvalue weighted by Crippen LogP contribution is 2.28. The predicted molar refractivity (Wildman–Crippen MR) is 117 cm³/mol. The molecule has 0 saturated heterocycles. The summed E-state index contributed by atoms with van der Waals surface area (Å²) >= 11 is 5.97. The van der Waals surface area contributed by atoms with Crippen molar-refractivity contribution in [2.75, 3.05) is 18.0 Å². The Kier molecular flexibility index (Phi) is 5.83. The lowest BCUT2D eigenvalue weighted by atomic mass is 10.1. The molecule has 32 heavy (non-hydrogen) atoms. The minimum Gasteiger partial charge on any atom is -0.481 e. The number of oxazole rings is 1. The Balaban J connectivity index is 1.70. The molecule has 0 atom stereocenters. The van der Waals surface area contributed by atoms with E-state index in [-0.39, 0.29) is 43.0 Å². The second-order valence-electron chi connectivity index (χ2n) is 7.08. The van der Waals surface area contributed by atoms with Gasteiger partial charge in [0.25, 0.3) is 0 Å². The molecule has 0 amide bonds. The summed E-state index contributed by atoms with van der Waals surface area (Å²) in [5.41, 5.74) is 1.29. The summed E-state index contributed by atoms with van der Waals surface area (Å²) in [6.45, 7) is 0.226. The molecule has 0 unspecified atom stereocenters. The van der Waals surface area contributed by atoms with Crippen LogP contribution >= 0.6 is 11.6 Å². The molecule has 4 aromatic rings. The zero-order valence-corrected chi connectivity index (χ0v) is 17.3. The standard InChI is InChI=1S/C22H17ClN2O7/c23-13-2-4-17-16(10-13)24-21(31-17)15-9-12-1-3-14(11-18(12)32-22(15)30)25(7-5-19(26)27)8-6-20(28)29/h1-4,9-11H,5-8H2,(H,26,27)(H,28,29). The SMILES string of the molecule is O=C(O)CCN(CCC(=O)O)c1ccc2cc(-c3nc4cc(Cl)ccc4o3)c(=O)oc2c1. The van der Waals surface area contributed by atoms with Crippen LogP contribution in [0.3, 0.4) is 0 Å². The molecule has 2 N–H and O–H groups in total. The number of benzene rings is 2. The molecule has 0 radical (unpaired) electrons. The monoisotopic (exact) mass is 456 g/mol. The van der Waals surface area contributed by atoms with E-state index >= 15 is 0 Å². The Morgan fingerprint density at radius 2 is 1.66 bits per heavy atom. The van der Waals surface area contributed by atoms with E-state index in [1.165, 1.54) is 0 Å². The van der Waals surface area contributed by atoms with Crippen molar-refractivity contribution < 1.29 is 28.6 Å². The quantitative estimate of drug-likeness (QED) is 0.377. The molecule has 2 aromatic heterocycles. The van der Waals surface area contributed by atoms with Gasteiger partial charge in [0.05, 0.1) is 12.8 Å². The molecule has 0 fully saturated rings. The highest BCUT2D eigenvalue weighted by molar-refractivity contribution is 6.31. The number of rotatable bonds is 8. The number of carbonyl (C=O) groups is 2. The number of nitrogens with zero attached hydrogens (tertiary/aromatic N) is 2. The number of carboxylic acids is 2. The molecule has 9 nitrogen and oxygen atoms in total. The number of fused-ring (bicyclic) bond motifs is 2. The average molecular weight is 457 g/mol. The average Bonchev–Trinajstić information content (AvgIpc) is 3.15. The molecule has 0 spiro atoms. The topological polar surface area (TPSA) is 134 Å². The molecule has 0 aliphatic rings. The van der Waals surface area contributed by atoms with Gasteiger partial charge in [-0.15, -0.1) is 0 Å². The summed E-state index contributed by atoms with van der Waals surface area (Å²) in [5, 5.41) is 19.0. The molecule has 0 saturated carbocycles. The number of aliphatic carboxylic acids is 2. The first-order chi connectivity index (χ1) is 15.3. The van der Waals surface area contributed by atoms with Gasteiger partial charge >= 0.3 is 17.6 Å². The van der Waals surface area contributed by atoms with Crippen molar-refractivity contribution in [1.82, 2.24) is 4.98 Å². The zero-order chi connectivity index (χ0) is 22.8. The van der Waals surface area contributed by atoms with Crippen LogP contribution in [0, 0.1) is 0 Å². The lowest BCUT2D eigenvalue weighted by Crippen LogP contribution is -2.28. The van der Waals surface area contributed by atoms with E-state index in [0.717, 1.165) is 0 Å². The van der Waals surface area contributed by atoms with Gasteiger partial charge in [-0.1, -0.05) is 11.6 Å². The van der Waals surface area contributed by atoms with E-state index < -0.39 is 17.6 Å². The third-order valence-corrected chi connectivity index (χ3v) is 5.09. The van der Waals surface area contributed by atoms with Crippen LogP contribution in [-0.2, 0) is 9.59 Å². The fourth-order valence-electron chi connectivity index (χ4n) is 3.29. The van der Waals surface area contributed by atoms with Crippen LogP contribution in [0.15, 0.2) is 56.1 Å². The van der Waals surface area contributed by atoms with Gasteiger partial charge in [-0.05, 0) is 36.4 Å². The number of halogens is 1. The van der Waals surface area contributed by atoms with Gasteiger partial charge in [0.1, 0.15) is 16.7 Å². The molecule has 0 bridgehead atoms. The van der Waals surface area contributed by atoms with Crippen molar-refractivity contribution in [3.05, 3.63) is 57.9 Å². The summed E-state index contributed by atoms with van der Waals surface area (Å²) in [6, 6.07) is 11.5. The zero-order valence-electron chi connectivity index (χ0n) is 16.6. The molecule has 2 aromatic carbocycles. The third-order valence-electron chi connectivity index (χ3n) is 4.86. The van der Waals surface area contributed by atoms with Crippen molar-refractivity contribution in [1.29, 1.82) is 0 Å². The number of hydrogen-bond donors (Lipinski definition) is 2. The summed E-state index contributed by atoms with van der Waals surface area (Å²) in [4.78, 5) is 40.5. The van der Waals surface area contributed by atoms with Gasteiger partial charge < -0.3 is 23.9 Å². The van der Waals surface area contributed by atoms with Gasteiger partial charge in [-0.3, -0.25) is 9.59 Å². The van der Waals surface area contributed by atoms with Gasteiger partial charge in [0.2, 0.25) is 5.89 Å². The molecule has 2 heterocycles. The van der Waals surface area contributed by atoms with E-state index in [1.807, 2.05) is 0 Å². The molecule has 4 rings (SSSR count). The maximum Gasteiger partial charge on any atom is 0.349 e. The third kappa shape index (κ3) is 4.57. The summed E-state index contributed by atoms with van der Waals surface area (Å²) in [7, 11) is 0. The second kappa shape index (κ2) is 8.72. The Bertz CT molecular complexity index is 1370. The number of anilines is 1. The summed E-state index contributed by atoms with van der Waals surface area (Å²) in [5.74, 6) is -1.89. The summed E-state index contributed by atoms with van der Waals surface area (Å²) < 4.78 is 11.1. The Morgan fingerprint density at radius 3 is 2.34 bits per heavy atom. The van der Waals surface area contributed by atoms with E-state index in [1.54, 1.807) is 47.4 Å². The van der Waals surface area contributed by atoms with Crippen LogP contribution in [0.4, 0.5) is 5.69 Å². The minimum atomic E-state index is -0.998. The molecular formula is C22H17ClN2O7. The highest BCUT2D eigenvalue weighted by atomic mass is 35.5. The minimum absolute atomic E-state index is 0.103. The van der Waals surface area contributed by atoms with Gasteiger partial charge in [-0.25, -0.2) is 9.78 Å². The van der Waals surface area contributed by atoms with Crippen molar-refractivity contribution >= 4 is 51.3 Å².